The molecule has 0 aliphatic carbocycles. The summed E-state index contributed by atoms with van der Waals surface area (Å²) in [6.07, 6.45) is 1.83. The largest absolute Gasteiger partial charge is 0.493 e. The van der Waals surface area contributed by atoms with Gasteiger partial charge in [-0.15, -0.1) is 6.58 Å². The second kappa shape index (κ2) is 8.93. The number of hydrogen-bond donors (Lipinski definition) is 0. The smallest absolute Gasteiger partial charge is 0.188 e. The summed E-state index contributed by atoms with van der Waals surface area (Å²) >= 11 is 7.55. The molecule has 138 valence electrons. The van der Waals surface area contributed by atoms with Crippen LogP contribution in [0.15, 0.2) is 66.3 Å². The normalized spacial score (nSPS) is 10.5. The van der Waals surface area contributed by atoms with E-state index in [0.717, 1.165) is 28.3 Å². The summed E-state index contributed by atoms with van der Waals surface area (Å²) in [5.41, 5.74) is 3.54. The molecule has 3 rings (SSSR count). The molecule has 0 radical (unpaired) electrons. The Labute approximate surface area is 168 Å². The predicted octanol–water partition coefficient (Wildman–Crippen LogP) is 5.76. The number of thioether (sulfide) groups is 1. The standard InChI is InChI=1S/C21H19ClN2O2S/c1-4-11-27-21-23-17(14-5-8-16(22)9-6-14)13-18(24-21)15-7-10-19(25-2)20(12-15)26-3/h4-10,12-13H,1,11H2,2-3H3. The first kappa shape index (κ1) is 19.3. The van der Waals surface area contributed by atoms with Gasteiger partial charge in [0.25, 0.3) is 0 Å². The van der Waals surface area contributed by atoms with Crippen LogP contribution in [0.5, 0.6) is 11.5 Å². The van der Waals surface area contributed by atoms with Gasteiger partial charge in [0.05, 0.1) is 25.6 Å². The van der Waals surface area contributed by atoms with E-state index < -0.39 is 0 Å². The van der Waals surface area contributed by atoms with Crippen molar-refractivity contribution in [1.82, 2.24) is 9.97 Å². The molecule has 0 saturated heterocycles. The molecular formula is C21H19ClN2O2S. The van der Waals surface area contributed by atoms with Gasteiger partial charge in [0, 0.05) is 21.9 Å². The molecule has 27 heavy (non-hydrogen) atoms. The Hall–Kier alpha value is -2.50. The zero-order valence-corrected chi connectivity index (χ0v) is 16.7. The van der Waals surface area contributed by atoms with Crippen molar-refractivity contribution >= 4 is 23.4 Å². The Morgan fingerprint density at radius 2 is 1.56 bits per heavy atom. The highest BCUT2D eigenvalue weighted by molar-refractivity contribution is 7.99. The Balaban J connectivity index is 2.09. The second-order valence-corrected chi connectivity index (χ2v) is 7.02. The minimum Gasteiger partial charge on any atom is -0.493 e. The van der Waals surface area contributed by atoms with Gasteiger partial charge >= 0.3 is 0 Å². The first-order valence-electron chi connectivity index (χ1n) is 8.25. The van der Waals surface area contributed by atoms with Crippen LogP contribution in [0.2, 0.25) is 5.02 Å². The zero-order valence-electron chi connectivity index (χ0n) is 15.1. The average molecular weight is 399 g/mol. The summed E-state index contributed by atoms with van der Waals surface area (Å²) in [6, 6.07) is 15.3. The van der Waals surface area contributed by atoms with Crippen LogP contribution in [0.3, 0.4) is 0 Å². The van der Waals surface area contributed by atoms with Crippen LogP contribution in [-0.4, -0.2) is 29.9 Å². The van der Waals surface area contributed by atoms with E-state index in [9.17, 15) is 0 Å². The third-order valence-electron chi connectivity index (χ3n) is 3.86. The maximum Gasteiger partial charge on any atom is 0.188 e. The SMILES string of the molecule is C=CCSc1nc(-c2ccc(Cl)cc2)cc(-c2ccc(OC)c(OC)c2)n1. The van der Waals surface area contributed by atoms with E-state index in [4.69, 9.17) is 26.1 Å². The maximum atomic E-state index is 6.01. The van der Waals surface area contributed by atoms with Crippen molar-refractivity contribution < 1.29 is 9.47 Å². The molecule has 1 aromatic heterocycles. The third kappa shape index (κ3) is 4.62. The molecule has 0 aliphatic heterocycles. The van der Waals surface area contributed by atoms with Crippen LogP contribution in [-0.2, 0) is 0 Å². The van der Waals surface area contributed by atoms with E-state index >= 15 is 0 Å². The van der Waals surface area contributed by atoms with Crippen LogP contribution < -0.4 is 9.47 Å². The fourth-order valence-electron chi connectivity index (χ4n) is 2.54. The van der Waals surface area contributed by atoms with Gasteiger partial charge in [0.2, 0.25) is 0 Å². The average Bonchev–Trinajstić information content (AvgIpc) is 2.72. The second-order valence-electron chi connectivity index (χ2n) is 5.60. The molecule has 0 aliphatic rings. The maximum absolute atomic E-state index is 6.01. The molecule has 2 aromatic carbocycles. The predicted molar refractivity (Wildman–Crippen MR) is 112 cm³/mol. The number of rotatable bonds is 7. The highest BCUT2D eigenvalue weighted by atomic mass is 35.5. The summed E-state index contributed by atoms with van der Waals surface area (Å²) in [4.78, 5) is 9.37. The van der Waals surface area contributed by atoms with E-state index in [1.54, 1.807) is 14.2 Å². The summed E-state index contributed by atoms with van der Waals surface area (Å²) in [6.45, 7) is 3.77. The molecule has 0 atom stereocenters. The van der Waals surface area contributed by atoms with Gasteiger partial charge < -0.3 is 9.47 Å². The number of halogens is 1. The molecule has 0 amide bonds. The minimum atomic E-state index is 0.655. The molecule has 0 bridgehead atoms. The zero-order chi connectivity index (χ0) is 19.2. The Morgan fingerprint density at radius 3 is 2.19 bits per heavy atom. The first-order valence-corrected chi connectivity index (χ1v) is 9.62. The molecule has 0 unspecified atom stereocenters. The Bertz CT molecular complexity index is 945. The number of hydrogen-bond acceptors (Lipinski definition) is 5. The van der Waals surface area contributed by atoms with Gasteiger partial charge in [-0.25, -0.2) is 9.97 Å². The fraction of sp³-hybridized carbons (Fsp3) is 0.143. The van der Waals surface area contributed by atoms with E-state index in [1.165, 1.54) is 11.8 Å². The molecular weight excluding hydrogens is 380 g/mol. The van der Waals surface area contributed by atoms with Crippen molar-refractivity contribution in [2.75, 3.05) is 20.0 Å². The van der Waals surface area contributed by atoms with Crippen molar-refractivity contribution in [2.24, 2.45) is 0 Å². The molecule has 0 saturated carbocycles. The number of methoxy groups -OCH3 is 2. The lowest BCUT2D eigenvalue weighted by molar-refractivity contribution is 0.355. The molecule has 0 fully saturated rings. The fourth-order valence-corrected chi connectivity index (χ4v) is 3.25. The van der Waals surface area contributed by atoms with Crippen molar-refractivity contribution in [3.8, 4) is 34.0 Å². The van der Waals surface area contributed by atoms with E-state index in [1.807, 2.05) is 54.6 Å². The van der Waals surface area contributed by atoms with Gasteiger partial charge in [-0.2, -0.15) is 0 Å². The van der Waals surface area contributed by atoms with Crippen molar-refractivity contribution in [3.63, 3.8) is 0 Å². The number of aromatic nitrogens is 2. The molecule has 3 aromatic rings. The van der Waals surface area contributed by atoms with Crippen molar-refractivity contribution in [3.05, 3.63) is 66.2 Å². The Kier molecular flexibility index (Phi) is 6.37. The lowest BCUT2D eigenvalue weighted by Gasteiger charge is -2.11. The summed E-state index contributed by atoms with van der Waals surface area (Å²) in [5.74, 6) is 2.06. The summed E-state index contributed by atoms with van der Waals surface area (Å²) in [7, 11) is 3.23. The van der Waals surface area contributed by atoms with Crippen LogP contribution in [0, 0.1) is 0 Å². The van der Waals surface area contributed by atoms with Gasteiger partial charge in [0.1, 0.15) is 0 Å². The lowest BCUT2D eigenvalue weighted by Crippen LogP contribution is -1.96. The molecule has 0 N–H and O–H groups in total. The monoisotopic (exact) mass is 398 g/mol. The van der Waals surface area contributed by atoms with Crippen LogP contribution in [0.4, 0.5) is 0 Å². The van der Waals surface area contributed by atoms with Gasteiger partial charge in [0.15, 0.2) is 16.7 Å². The third-order valence-corrected chi connectivity index (χ3v) is 4.95. The molecule has 0 spiro atoms. The van der Waals surface area contributed by atoms with Crippen LogP contribution in [0.25, 0.3) is 22.5 Å². The van der Waals surface area contributed by atoms with Crippen molar-refractivity contribution in [2.45, 2.75) is 5.16 Å². The van der Waals surface area contributed by atoms with Gasteiger partial charge in [-0.05, 0) is 36.4 Å². The van der Waals surface area contributed by atoms with E-state index in [0.29, 0.717) is 21.7 Å². The summed E-state index contributed by atoms with van der Waals surface area (Å²) in [5, 5.41) is 1.38. The minimum absolute atomic E-state index is 0.655. The number of benzene rings is 2. The first-order chi connectivity index (χ1) is 13.1. The van der Waals surface area contributed by atoms with Crippen molar-refractivity contribution in [1.29, 1.82) is 0 Å². The number of ether oxygens (including phenoxy) is 2. The Morgan fingerprint density at radius 1 is 0.926 bits per heavy atom. The van der Waals surface area contributed by atoms with E-state index in [2.05, 4.69) is 11.6 Å². The molecule has 4 nitrogen and oxygen atoms in total. The number of nitrogens with zero attached hydrogens (tertiary/aromatic N) is 2. The van der Waals surface area contributed by atoms with Crippen LogP contribution in [0.1, 0.15) is 0 Å². The topological polar surface area (TPSA) is 44.2 Å². The summed E-state index contributed by atoms with van der Waals surface area (Å²) < 4.78 is 10.7. The quantitative estimate of drug-likeness (QED) is 0.287. The highest BCUT2D eigenvalue weighted by Gasteiger charge is 2.12. The van der Waals surface area contributed by atoms with E-state index in [-0.39, 0.29) is 0 Å². The molecule has 6 heteroatoms. The lowest BCUT2D eigenvalue weighted by atomic mass is 10.1. The molecule has 1 heterocycles. The highest BCUT2D eigenvalue weighted by Crippen LogP contribution is 2.33. The van der Waals surface area contributed by atoms with Gasteiger partial charge in [-0.1, -0.05) is 41.6 Å². The van der Waals surface area contributed by atoms with Gasteiger partial charge in [-0.3, -0.25) is 0 Å². The van der Waals surface area contributed by atoms with Crippen LogP contribution >= 0.6 is 23.4 Å².